The third kappa shape index (κ3) is 2.71. The van der Waals surface area contributed by atoms with Gasteiger partial charge in [-0.25, -0.2) is 13.9 Å². The molecule has 108 valence electrons. The number of aromatic nitrogens is 3. The van der Waals surface area contributed by atoms with Crippen LogP contribution in [0.15, 0.2) is 36.7 Å². The first-order valence-electron chi connectivity index (χ1n) is 6.69. The summed E-state index contributed by atoms with van der Waals surface area (Å²) in [5.41, 5.74) is 8.63. The van der Waals surface area contributed by atoms with Gasteiger partial charge in [0.15, 0.2) is 5.82 Å². The van der Waals surface area contributed by atoms with Crippen LogP contribution in [0.3, 0.4) is 0 Å². The minimum atomic E-state index is -0.262. The lowest BCUT2D eigenvalue weighted by Gasteiger charge is -2.08. The molecule has 6 heteroatoms. The number of halogens is 1. The Kier molecular flexibility index (Phi) is 3.53. The molecule has 2 aromatic heterocycles. The van der Waals surface area contributed by atoms with Crippen LogP contribution in [0.1, 0.15) is 16.8 Å². The fraction of sp³-hybridized carbons (Fsp3) is 0.200. The molecule has 21 heavy (non-hydrogen) atoms. The van der Waals surface area contributed by atoms with Gasteiger partial charge in [0.1, 0.15) is 11.3 Å². The highest BCUT2D eigenvalue weighted by Crippen LogP contribution is 2.17. The van der Waals surface area contributed by atoms with Crippen molar-refractivity contribution in [3.8, 4) is 0 Å². The van der Waals surface area contributed by atoms with Crippen LogP contribution in [-0.4, -0.2) is 14.6 Å². The van der Waals surface area contributed by atoms with E-state index in [-0.39, 0.29) is 5.82 Å². The number of hydrogen-bond acceptors (Lipinski definition) is 4. The summed E-state index contributed by atoms with van der Waals surface area (Å²) < 4.78 is 15.7. The first kappa shape index (κ1) is 13.5. The van der Waals surface area contributed by atoms with Crippen LogP contribution < -0.4 is 11.1 Å². The van der Waals surface area contributed by atoms with Gasteiger partial charge in [-0.2, -0.15) is 5.10 Å². The van der Waals surface area contributed by atoms with Crippen molar-refractivity contribution in [3.63, 3.8) is 0 Å². The van der Waals surface area contributed by atoms with Gasteiger partial charge in [-0.1, -0.05) is 12.1 Å². The predicted octanol–water partition coefficient (Wildman–Crippen LogP) is 2.25. The molecule has 3 aromatic rings. The zero-order valence-electron chi connectivity index (χ0n) is 11.7. The van der Waals surface area contributed by atoms with Gasteiger partial charge in [0, 0.05) is 31.0 Å². The van der Waals surface area contributed by atoms with Gasteiger partial charge in [0.2, 0.25) is 0 Å². The van der Waals surface area contributed by atoms with Gasteiger partial charge in [-0.05, 0) is 24.6 Å². The average molecular weight is 285 g/mol. The van der Waals surface area contributed by atoms with Crippen molar-refractivity contribution in [3.05, 3.63) is 59.3 Å². The van der Waals surface area contributed by atoms with E-state index >= 15 is 0 Å². The number of rotatable bonds is 4. The molecule has 3 N–H and O–H groups in total. The van der Waals surface area contributed by atoms with E-state index in [1.165, 1.54) is 6.07 Å². The number of nitrogens with two attached hydrogens (primary N) is 1. The maximum Gasteiger partial charge on any atom is 0.152 e. The van der Waals surface area contributed by atoms with Gasteiger partial charge in [0.25, 0.3) is 0 Å². The first-order valence-corrected chi connectivity index (χ1v) is 6.69. The molecule has 0 aliphatic heterocycles. The Morgan fingerprint density at radius 1 is 1.33 bits per heavy atom. The molecule has 0 saturated heterocycles. The number of nitrogens with one attached hydrogen (secondary N) is 1. The molecule has 0 amide bonds. The smallest absolute Gasteiger partial charge is 0.152 e. The average Bonchev–Trinajstić information content (AvgIpc) is 2.86. The lowest BCUT2D eigenvalue weighted by molar-refractivity contribution is 0.610. The van der Waals surface area contributed by atoms with E-state index < -0.39 is 0 Å². The normalized spacial score (nSPS) is 11.0. The van der Waals surface area contributed by atoms with E-state index in [1.807, 2.05) is 19.1 Å². The summed E-state index contributed by atoms with van der Waals surface area (Å²) in [5, 5.41) is 7.47. The van der Waals surface area contributed by atoms with Gasteiger partial charge in [-0.15, -0.1) is 0 Å². The standard InChI is InChI=1S/C15H16FN5/c1-10-6-14-15(18-4-5-21(14)20-10)19-9-12-3-2-11(8-17)7-13(12)16/h2-7H,8-9,17H2,1H3,(H,18,19). The van der Waals surface area contributed by atoms with Crippen molar-refractivity contribution in [2.75, 3.05) is 5.32 Å². The monoisotopic (exact) mass is 285 g/mol. The molecular weight excluding hydrogens is 269 g/mol. The third-order valence-electron chi connectivity index (χ3n) is 3.31. The van der Waals surface area contributed by atoms with Gasteiger partial charge in [-0.3, -0.25) is 0 Å². The van der Waals surface area contributed by atoms with Crippen LogP contribution in [0.25, 0.3) is 5.52 Å². The van der Waals surface area contributed by atoms with Crippen LogP contribution in [0.2, 0.25) is 0 Å². The third-order valence-corrected chi connectivity index (χ3v) is 3.31. The molecule has 0 fully saturated rings. The second kappa shape index (κ2) is 5.49. The Labute approximate surface area is 121 Å². The molecule has 0 spiro atoms. The second-order valence-corrected chi connectivity index (χ2v) is 4.87. The quantitative estimate of drug-likeness (QED) is 0.771. The number of aryl methyl sites for hydroxylation is 1. The highest BCUT2D eigenvalue weighted by molar-refractivity contribution is 5.67. The zero-order chi connectivity index (χ0) is 14.8. The number of fused-ring (bicyclic) bond motifs is 1. The summed E-state index contributed by atoms with van der Waals surface area (Å²) >= 11 is 0. The molecule has 0 unspecified atom stereocenters. The highest BCUT2D eigenvalue weighted by Gasteiger charge is 2.07. The maximum absolute atomic E-state index is 13.9. The van der Waals surface area contributed by atoms with E-state index in [9.17, 15) is 4.39 Å². The van der Waals surface area contributed by atoms with E-state index in [1.54, 1.807) is 23.0 Å². The highest BCUT2D eigenvalue weighted by atomic mass is 19.1. The Hall–Kier alpha value is -2.47. The molecule has 0 aliphatic rings. The summed E-state index contributed by atoms with van der Waals surface area (Å²) in [5.74, 6) is 0.419. The molecule has 0 saturated carbocycles. The topological polar surface area (TPSA) is 68.2 Å². The second-order valence-electron chi connectivity index (χ2n) is 4.87. The molecule has 2 heterocycles. The van der Waals surface area contributed by atoms with Crippen molar-refractivity contribution in [2.45, 2.75) is 20.0 Å². The molecular formula is C15H16FN5. The Morgan fingerprint density at radius 3 is 2.95 bits per heavy atom. The summed E-state index contributed by atoms with van der Waals surface area (Å²) in [6, 6.07) is 6.97. The lowest BCUT2D eigenvalue weighted by Crippen LogP contribution is -2.06. The van der Waals surface area contributed by atoms with E-state index in [2.05, 4.69) is 15.4 Å². The number of benzene rings is 1. The van der Waals surface area contributed by atoms with Crippen molar-refractivity contribution in [1.29, 1.82) is 0 Å². The summed E-state index contributed by atoms with van der Waals surface area (Å²) in [7, 11) is 0. The van der Waals surface area contributed by atoms with Crippen LogP contribution >= 0.6 is 0 Å². The van der Waals surface area contributed by atoms with Crippen LogP contribution in [-0.2, 0) is 13.1 Å². The number of nitrogens with zero attached hydrogens (tertiary/aromatic N) is 3. The minimum Gasteiger partial charge on any atom is -0.364 e. The van der Waals surface area contributed by atoms with E-state index in [0.717, 1.165) is 16.8 Å². The summed E-state index contributed by atoms with van der Waals surface area (Å²) in [6.07, 6.45) is 3.44. The molecule has 0 bridgehead atoms. The minimum absolute atomic E-state index is 0.262. The molecule has 0 atom stereocenters. The summed E-state index contributed by atoms with van der Waals surface area (Å²) in [6.45, 7) is 2.61. The van der Waals surface area contributed by atoms with Crippen molar-refractivity contribution < 1.29 is 4.39 Å². The van der Waals surface area contributed by atoms with Crippen LogP contribution in [0.5, 0.6) is 0 Å². The molecule has 0 radical (unpaired) electrons. The molecule has 1 aromatic carbocycles. The van der Waals surface area contributed by atoms with Crippen molar-refractivity contribution >= 4 is 11.3 Å². The van der Waals surface area contributed by atoms with Crippen molar-refractivity contribution in [1.82, 2.24) is 14.6 Å². The molecule has 3 rings (SSSR count). The van der Waals surface area contributed by atoms with Gasteiger partial charge >= 0.3 is 0 Å². The maximum atomic E-state index is 13.9. The number of hydrogen-bond donors (Lipinski definition) is 2. The largest absolute Gasteiger partial charge is 0.364 e. The Morgan fingerprint density at radius 2 is 2.19 bits per heavy atom. The fourth-order valence-electron chi connectivity index (χ4n) is 2.22. The first-order chi connectivity index (χ1) is 10.2. The van der Waals surface area contributed by atoms with Gasteiger partial charge < -0.3 is 11.1 Å². The fourth-order valence-corrected chi connectivity index (χ4v) is 2.22. The Balaban J connectivity index is 1.83. The molecule has 0 aliphatic carbocycles. The van der Waals surface area contributed by atoms with E-state index in [0.29, 0.717) is 24.5 Å². The van der Waals surface area contributed by atoms with Gasteiger partial charge in [0.05, 0.1) is 5.69 Å². The van der Waals surface area contributed by atoms with Crippen LogP contribution in [0.4, 0.5) is 10.2 Å². The zero-order valence-corrected chi connectivity index (χ0v) is 11.7. The SMILES string of the molecule is Cc1cc2c(NCc3ccc(CN)cc3F)nccn2n1. The summed E-state index contributed by atoms with van der Waals surface area (Å²) in [4.78, 5) is 4.28. The lowest BCUT2D eigenvalue weighted by atomic mass is 10.1. The molecule has 5 nitrogen and oxygen atoms in total. The Bertz CT molecular complexity index is 781. The van der Waals surface area contributed by atoms with E-state index in [4.69, 9.17) is 5.73 Å². The van der Waals surface area contributed by atoms with Crippen LogP contribution in [0, 0.1) is 12.7 Å². The number of anilines is 1. The predicted molar refractivity (Wildman–Crippen MR) is 79.3 cm³/mol. The van der Waals surface area contributed by atoms with Crippen molar-refractivity contribution in [2.24, 2.45) is 5.73 Å².